The molecule has 0 aliphatic carbocycles. The molecule has 2 rings (SSSR count). The topological polar surface area (TPSA) is 41.6 Å². The van der Waals surface area contributed by atoms with Gasteiger partial charge in [0.05, 0.1) is 11.9 Å². The van der Waals surface area contributed by atoms with Crippen LogP contribution in [0.15, 0.2) is 18.5 Å². The highest BCUT2D eigenvalue weighted by Gasteiger charge is 2.20. The summed E-state index contributed by atoms with van der Waals surface area (Å²) in [5.41, 5.74) is 2.98. The normalized spacial score (nSPS) is 12.2. The van der Waals surface area contributed by atoms with Gasteiger partial charge in [0, 0.05) is 11.6 Å². The Bertz CT molecular complexity index is 442. The Morgan fingerprint density at radius 1 is 1.43 bits per heavy atom. The molecule has 0 spiro atoms. The standard InChI is InChI=1S/C11H15N3/c1-4-11(2,3)9-7-13-10-8(14-9)5-6-12-10/h5-7H,4H2,1-3H3,(H,12,13). The third kappa shape index (κ3) is 1.39. The van der Waals surface area contributed by atoms with E-state index in [0.29, 0.717) is 0 Å². The molecule has 0 saturated carbocycles. The smallest absolute Gasteiger partial charge is 0.156 e. The molecule has 2 aromatic heterocycles. The van der Waals surface area contributed by atoms with Crippen LogP contribution in [-0.2, 0) is 5.41 Å². The van der Waals surface area contributed by atoms with Crippen molar-refractivity contribution in [3.63, 3.8) is 0 Å². The van der Waals surface area contributed by atoms with E-state index >= 15 is 0 Å². The van der Waals surface area contributed by atoms with E-state index in [1.807, 2.05) is 18.5 Å². The molecule has 0 amide bonds. The largest absolute Gasteiger partial charge is 0.345 e. The van der Waals surface area contributed by atoms with Gasteiger partial charge in [0.2, 0.25) is 0 Å². The third-order valence-electron chi connectivity index (χ3n) is 2.84. The number of aromatic amines is 1. The van der Waals surface area contributed by atoms with Crippen LogP contribution in [0.3, 0.4) is 0 Å². The van der Waals surface area contributed by atoms with Gasteiger partial charge in [-0.3, -0.25) is 0 Å². The van der Waals surface area contributed by atoms with Crippen molar-refractivity contribution in [2.75, 3.05) is 0 Å². The van der Waals surface area contributed by atoms with Crippen LogP contribution in [0.1, 0.15) is 32.9 Å². The van der Waals surface area contributed by atoms with Gasteiger partial charge < -0.3 is 4.98 Å². The first-order valence-electron chi connectivity index (χ1n) is 4.94. The van der Waals surface area contributed by atoms with E-state index in [1.165, 1.54) is 0 Å². The van der Waals surface area contributed by atoms with Gasteiger partial charge in [0.25, 0.3) is 0 Å². The maximum atomic E-state index is 4.58. The molecule has 0 aliphatic heterocycles. The summed E-state index contributed by atoms with van der Waals surface area (Å²) in [6.07, 6.45) is 4.80. The number of hydrogen-bond donors (Lipinski definition) is 1. The zero-order valence-corrected chi connectivity index (χ0v) is 8.83. The lowest BCUT2D eigenvalue weighted by Gasteiger charge is -2.21. The fourth-order valence-electron chi connectivity index (χ4n) is 1.34. The monoisotopic (exact) mass is 189 g/mol. The Morgan fingerprint density at radius 3 is 2.93 bits per heavy atom. The van der Waals surface area contributed by atoms with Gasteiger partial charge in [-0.2, -0.15) is 0 Å². The SMILES string of the molecule is CCC(C)(C)c1cnc2[nH]ccc2n1. The van der Waals surface area contributed by atoms with Gasteiger partial charge in [-0.15, -0.1) is 0 Å². The average Bonchev–Trinajstić information content (AvgIpc) is 2.64. The summed E-state index contributed by atoms with van der Waals surface area (Å²) in [6.45, 7) is 6.55. The summed E-state index contributed by atoms with van der Waals surface area (Å²) >= 11 is 0. The molecule has 1 N–H and O–H groups in total. The summed E-state index contributed by atoms with van der Waals surface area (Å²) in [5, 5.41) is 0. The molecular weight excluding hydrogens is 174 g/mol. The molecule has 0 aliphatic rings. The second-order valence-corrected chi connectivity index (χ2v) is 4.20. The van der Waals surface area contributed by atoms with Gasteiger partial charge in [-0.05, 0) is 12.5 Å². The van der Waals surface area contributed by atoms with Crippen molar-refractivity contribution in [2.45, 2.75) is 32.6 Å². The van der Waals surface area contributed by atoms with Crippen LogP contribution < -0.4 is 0 Å². The lowest BCUT2D eigenvalue weighted by atomic mass is 9.87. The lowest BCUT2D eigenvalue weighted by Crippen LogP contribution is -2.17. The number of nitrogens with zero attached hydrogens (tertiary/aromatic N) is 2. The van der Waals surface area contributed by atoms with Crippen molar-refractivity contribution in [2.24, 2.45) is 0 Å². The van der Waals surface area contributed by atoms with Crippen LogP contribution in [0.2, 0.25) is 0 Å². The van der Waals surface area contributed by atoms with Gasteiger partial charge in [0.15, 0.2) is 5.65 Å². The van der Waals surface area contributed by atoms with Crippen LogP contribution >= 0.6 is 0 Å². The Kier molecular flexibility index (Phi) is 2.02. The Labute approximate surface area is 83.6 Å². The van der Waals surface area contributed by atoms with Gasteiger partial charge in [-0.1, -0.05) is 20.8 Å². The quantitative estimate of drug-likeness (QED) is 0.789. The molecule has 0 fully saturated rings. The first-order chi connectivity index (χ1) is 6.63. The second kappa shape index (κ2) is 3.08. The van der Waals surface area contributed by atoms with Crippen molar-refractivity contribution in [3.8, 4) is 0 Å². The highest BCUT2D eigenvalue weighted by molar-refractivity contribution is 5.70. The van der Waals surface area contributed by atoms with E-state index < -0.39 is 0 Å². The van der Waals surface area contributed by atoms with E-state index in [-0.39, 0.29) is 5.41 Å². The number of nitrogens with one attached hydrogen (secondary N) is 1. The summed E-state index contributed by atoms with van der Waals surface area (Å²) in [5.74, 6) is 0. The van der Waals surface area contributed by atoms with Crippen molar-refractivity contribution >= 4 is 11.2 Å². The number of fused-ring (bicyclic) bond motifs is 1. The first-order valence-corrected chi connectivity index (χ1v) is 4.94. The number of H-pyrrole nitrogens is 1. The van der Waals surface area contributed by atoms with Crippen LogP contribution in [0.4, 0.5) is 0 Å². The lowest BCUT2D eigenvalue weighted by molar-refractivity contribution is 0.490. The van der Waals surface area contributed by atoms with Crippen molar-refractivity contribution in [3.05, 3.63) is 24.2 Å². The summed E-state index contributed by atoms with van der Waals surface area (Å²) in [6, 6.07) is 1.96. The van der Waals surface area contributed by atoms with Crippen LogP contribution in [-0.4, -0.2) is 15.0 Å². The number of aromatic nitrogens is 3. The molecule has 0 atom stereocenters. The van der Waals surface area contributed by atoms with E-state index in [2.05, 4.69) is 35.7 Å². The molecule has 3 heteroatoms. The minimum atomic E-state index is 0.110. The summed E-state index contributed by atoms with van der Waals surface area (Å²) in [4.78, 5) is 12.0. The highest BCUT2D eigenvalue weighted by atomic mass is 14.9. The van der Waals surface area contributed by atoms with Crippen molar-refractivity contribution in [1.82, 2.24) is 15.0 Å². The Morgan fingerprint density at radius 2 is 2.21 bits per heavy atom. The van der Waals surface area contributed by atoms with E-state index in [0.717, 1.165) is 23.3 Å². The summed E-state index contributed by atoms with van der Waals surface area (Å²) in [7, 11) is 0. The predicted octanol–water partition coefficient (Wildman–Crippen LogP) is 2.65. The van der Waals surface area contributed by atoms with Crippen molar-refractivity contribution < 1.29 is 0 Å². The molecule has 0 bridgehead atoms. The fourth-order valence-corrected chi connectivity index (χ4v) is 1.34. The molecule has 0 unspecified atom stereocenters. The maximum Gasteiger partial charge on any atom is 0.156 e. The molecule has 2 aromatic rings. The molecule has 0 radical (unpaired) electrons. The predicted molar refractivity (Wildman–Crippen MR) is 57.2 cm³/mol. The van der Waals surface area contributed by atoms with Crippen LogP contribution in [0.5, 0.6) is 0 Å². The molecule has 14 heavy (non-hydrogen) atoms. The number of rotatable bonds is 2. The highest BCUT2D eigenvalue weighted by Crippen LogP contribution is 2.25. The zero-order valence-electron chi connectivity index (χ0n) is 8.83. The minimum Gasteiger partial charge on any atom is -0.345 e. The van der Waals surface area contributed by atoms with E-state index in [9.17, 15) is 0 Å². The van der Waals surface area contributed by atoms with Gasteiger partial charge in [0.1, 0.15) is 5.52 Å². The molecular formula is C11H15N3. The Balaban J connectivity index is 2.53. The fraction of sp³-hybridized carbons (Fsp3) is 0.455. The molecule has 3 nitrogen and oxygen atoms in total. The van der Waals surface area contributed by atoms with E-state index in [1.54, 1.807) is 0 Å². The summed E-state index contributed by atoms with van der Waals surface area (Å²) < 4.78 is 0. The average molecular weight is 189 g/mol. The first kappa shape index (κ1) is 9.19. The zero-order chi connectivity index (χ0) is 10.2. The van der Waals surface area contributed by atoms with Crippen LogP contribution in [0, 0.1) is 0 Å². The maximum absolute atomic E-state index is 4.58. The van der Waals surface area contributed by atoms with Crippen molar-refractivity contribution in [1.29, 1.82) is 0 Å². The Hall–Kier alpha value is -1.38. The van der Waals surface area contributed by atoms with Gasteiger partial charge >= 0.3 is 0 Å². The molecule has 74 valence electrons. The molecule has 2 heterocycles. The van der Waals surface area contributed by atoms with Crippen LogP contribution in [0.25, 0.3) is 11.2 Å². The van der Waals surface area contributed by atoms with E-state index in [4.69, 9.17) is 0 Å². The minimum absolute atomic E-state index is 0.110. The molecule has 0 saturated heterocycles. The third-order valence-corrected chi connectivity index (χ3v) is 2.84. The second-order valence-electron chi connectivity index (χ2n) is 4.20. The van der Waals surface area contributed by atoms with Gasteiger partial charge in [-0.25, -0.2) is 9.97 Å². The number of hydrogen-bond acceptors (Lipinski definition) is 2. The molecule has 0 aromatic carbocycles.